The molecular weight excluding hydrogens is 561 g/mol. The maximum atomic E-state index is 12.6. The van der Waals surface area contributed by atoms with Crippen molar-refractivity contribution in [3.8, 4) is 5.75 Å². The molecule has 3 rings (SSSR count). The molecule has 0 aliphatic carbocycles. The minimum Gasteiger partial charge on any atom is -0.489 e. The summed E-state index contributed by atoms with van der Waals surface area (Å²) in [6.45, 7) is 0.318. The van der Waals surface area contributed by atoms with E-state index in [-0.39, 0.29) is 8.95 Å². The van der Waals surface area contributed by atoms with E-state index in [1.54, 1.807) is 0 Å². The molecule has 0 aliphatic rings. The smallest absolute Gasteiger partial charge is 0.417 e. The summed E-state index contributed by atoms with van der Waals surface area (Å²) in [7, 11) is 0. The number of halogens is 9. The number of hydrogen-bond acceptors (Lipinski definition) is 1. The average molecular weight is 574 g/mol. The van der Waals surface area contributed by atoms with Gasteiger partial charge in [-0.2, -0.15) is 26.3 Å². The Bertz CT molecular complexity index is 1000. The Kier molecular flexibility index (Phi) is 8.53. The Hall–Kier alpha value is -2.07. The highest BCUT2D eigenvalue weighted by Crippen LogP contribution is 2.37. The minimum absolute atomic E-state index is 0.0226. The van der Waals surface area contributed by atoms with Crippen LogP contribution < -0.4 is 4.74 Å². The molecule has 0 saturated carbocycles. The molecule has 0 atom stereocenters. The highest BCUT2D eigenvalue weighted by molar-refractivity contribution is 9.10. The van der Waals surface area contributed by atoms with Crippen LogP contribution in [0.3, 0.4) is 0 Å². The van der Waals surface area contributed by atoms with E-state index in [1.807, 2.05) is 30.3 Å². The van der Waals surface area contributed by atoms with E-state index in [2.05, 4.69) is 31.9 Å². The largest absolute Gasteiger partial charge is 0.489 e. The van der Waals surface area contributed by atoms with Gasteiger partial charge in [0.15, 0.2) is 0 Å². The maximum Gasteiger partial charge on any atom is 0.417 e. The lowest BCUT2D eigenvalue weighted by atomic mass is 10.2. The van der Waals surface area contributed by atoms with E-state index in [0.29, 0.717) is 18.4 Å². The normalized spacial score (nSPS) is 11.5. The van der Waals surface area contributed by atoms with Crippen molar-refractivity contribution in [3.05, 3.63) is 98.2 Å². The summed E-state index contributed by atoms with van der Waals surface area (Å²) in [5.74, 6) is -0.307. The molecule has 0 saturated heterocycles. The summed E-state index contributed by atoms with van der Waals surface area (Å²) < 4.78 is 91.2. The molecule has 3 aromatic rings. The van der Waals surface area contributed by atoms with Crippen LogP contribution in [0.15, 0.2) is 75.7 Å². The van der Waals surface area contributed by atoms with Gasteiger partial charge in [-0.25, -0.2) is 4.39 Å². The molecule has 0 spiro atoms. The van der Waals surface area contributed by atoms with Gasteiger partial charge in [-0.05, 0) is 42.0 Å². The second-order valence-electron chi connectivity index (χ2n) is 6.04. The van der Waals surface area contributed by atoms with E-state index in [4.69, 9.17) is 4.74 Å². The zero-order chi connectivity index (χ0) is 23.2. The van der Waals surface area contributed by atoms with Crippen LogP contribution >= 0.6 is 31.9 Å². The Morgan fingerprint density at radius 3 is 1.68 bits per heavy atom. The fourth-order valence-electron chi connectivity index (χ4n) is 2.28. The van der Waals surface area contributed by atoms with Crippen LogP contribution in [0.25, 0.3) is 0 Å². The number of rotatable bonds is 3. The highest BCUT2D eigenvalue weighted by Gasteiger charge is 2.33. The van der Waals surface area contributed by atoms with Gasteiger partial charge < -0.3 is 4.74 Å². The second kappa shape index (κ2) is 10.5. The van der Waals surface area contributed by atoms with Gasteiger partial charge in [0.2, 0.25) is 0 Å². The molecule has 1 nitrogen and oxygen atoms in total. The number of benzene rings is 3. The van der Waals surface area contributed by atoms with Gasteiger partial charge >= 0.3 is 12.4 Å². The van der Waals surface area contributed by atoms with E-state index < -0.39 is 29.3 Å². The fourth-order valence-corrected chi connectivity index (χ4v) is 3.43. The van der Waals surface area contributed by atoms with Crippen molar-refractivity contribution in [3.63, 3.8) is 0 Å². The number of alkyl halides is 6. The molecule has 0 N–H and O–H groups in total. The molecule has 0 aromatic heterocycles. The van der Waals surface area contributed by atoms with Crippen LogP contribution in [0.4, 0.5) is 30.7 Å². The Morgan fingerprint density at radius 1 is 0.677 bits per heavy atom. The Labute approximate surface area is 190 Å². The summed E-state index contributed by atoms with van der Waals surface area (Å²) in [4.78, 5) is 0. The summed E-state index contributed by atoms with van der Waals surface area (Å²) in [6, 6.07) is 15.3. The summed E-state index contributed by atoms with van der Waals surface area (Å²) in [5, 5.41) is 0. The van der Waals surface area contributed by atoms with Crippen molar-refractivity contribution in [2.45, 2.75) is 19.0 Å². The lowest BCUT2D eigenvalue weighted by Crippen LogP contribution is -2.06. The van der Waals surface area contributed by atoms with Crippen molar-refractivity contribution < 1.29 is 35.5 Å². The first kappa shape index (κ1) is 25.2. The van der Waals surface area contributed by atoms with E-state index in [0.717, 1.165) is 23.8 Å². The van der Waals surface area contributed by atoms with Crippen molar-refractivity contribution in [2.75, 3.05) is 0 Å². The van der Waals surface area contributed by atoms with Crippen LogP contribution in [-0.2, 0) is 19.0 Å². The molecule has 10 heteroatoms. The first-order valence-corrected chi connectivity index (χ1v) is 10.0. The van der Waals surface area contributed by atoms with Crippen molar-refractivity contribution in [1.82, 2.24) is 0 Å². The number of hydrogen-bond donors (Lipinski definition) is 0. The molecule has 0 aliphatic heterocycles. The molecule has 0 fully saturated rings. The quantitative estimate of drug-likeness (QED) is 0.285. The van der Waals surface area contributed by atoms with Gasteiger partial charge in [0.1, 0.15) is 18.2 Å². The molecule has 0 amide bonds. The summed E-state index contributed by atoms with van der Waals surface area (Å²) in [5.41, 5.74) is -0.623. The third-order valence-electron chi connectivity index (χ3n) is 3.73. The maximum absolute atomic E-state index is 12.6. The molecule has 0 heterocycles. The van der Waals surface area contributed by atoms with Crippen molar-refractivity contribution in [1.29, 1.82) is 0 Å². The van der Waals surface area contributed by atoms with Crippen LogP contribution in [0.2, 0.25) is 0 Å². The van der Waals surface area contributed by atoms with E-state index in [1.165, 1.54) is 12.1 Å². The fraction of sp³-hybridized carbons (Fsp3) is 0.143. The Morgan fingerprint density at radius 2 is 1.19 bits per heavy atom. The monoisotopic (exact) mass is 572 g/mol. The predicted octanol–water partition coefficient (Wildman–Crippen LogP) is 8.65. The third-order valence-corrected chi connectivity index (χ3v) is 5.04. The minimum atomic E-state index is -4.44. The molecule has 3 aromatic carbocycles. The predicted molar refractivity (Wildman–Crippen MR) is 109 cm³/mol. The average Bonchev–Trinajstić information content (AvgIpc) is 2.65. The first-order valence-electron chi connectivity index (χ1n) is 8.43. The van der Waals surface area contributed by atoms with E-state index in [9.17, 15) is 30.7 Å². The zero-order valence-corrected chi connectivity index (χ0v) is 18.5. The van der Waals surface area contributed by atoms with Crippen molar-refractivity contribution >= 4 is 31.9 Å². The first-order chi connectivity index (χ1) is 14.4. The standard InChI is InChI=1S/C14H10BrF3O.C7H3BrF4/c15-13-8-11(6-7-12(13)14(16,17)18)19-9-10-4-2-1-3-5-10;8-6-3-4(9)1-2-5(6)7(10,11)12/h1-8H,9H2;1-3H. The van der Waals surface area contributed by atoms with Crippen LogP contribution in [0.1, 0.15) is 16.7 Å². The lowest BCUT2D eigenvalue weighted by Gasteiger charge is -2.11. The van der Waals surface area contributed by atoms with Crippen LogP contribution in [0, 0.1) is 5.82 Å². The third kappa shape index (κ3) is 7.84. The second-order valence-corrected chi connectivity index (χ2v) is 7.74. The molecule has 166 valence electrons. The zero-order valence-electron chi connectivity index (χ0n) is 15.4. The highest BCUT2D eigenvalue weighted by atomic mass is 79.9. The molecule has 0 bridgehead atoms. The van der Waals surface area contributed by atoms with Crippen LogP contribution in [-0.4, -0.2) is 0 Å². The number of ether oxygens (including phenoxy) is 1. The molecule has 31 heavy (non-hydrogen) atoms. The van der Waals surface area contributed by atoms with Gasteiger partial charge in [-0.3, -0.25) is 0 Å². The van der Waals surface area contributed by atoms with Gasteiger partial charge in [0.25, 0.3) is 0 Å². The van der Waals surface area contributed by atoms with Gasteiger partial charge in [0.05, 0.1) is 11.1 Å². The molecule has 0 unspecified atom stereocenters. The van der Waals surface area contributed by atoms with Gasteiger partial charge in [-0.15, -0.1) is 0 Å². The lowest BCUT2D eigenvalue weighted by molar-refractivity contribution is -0.139. The van der Waals surface area contributed by atoms with Crippen LogP contribution in [0.5, 0.6) is 5.75 Å². The molecular formula is C21H13Br2F7O. The van der Waals surface area contributed by atoms with Crippen molar-refractivity contribution in [2.24, 2.45) is 0 Å². The van der Waals surface area contributed by atoms with E-state index >= 15 is 0 Å². The SMILES string of the molecule is FC(F)(F)c1ccc(OCc2ccccc2)cc1Br.Fc1ccc(C(F)(F)F)c(Br)c1. The topological polar surface area (TPSA) is 9.23 Å². The summed E-state index contributed by atoms with van der Waals surface area (Å²) in [6.07, 6.45) is -8.80. The molecule has 0 radical (unpaired) electrons. The van der Waals surface area contributed by atoms with Gasteiger partial charge in [0, 0.05) is 8.95 Å². The Balaban J connectivity index is 0.000000245. The van der Waals surface area contributed by atoms with Gasteiger partial charge in [-0.1, -0.05) is 62.2 Å². The summed E-state index contributed by atoms with van der Waals surface area (Å²) >= 11 is 5.53.